The van der Waals surface area contributed by atoms with E-state index >= 15 is 0 Å². The van der Waals surface area contributed by atoms with Gasteiger partial charge in [0.05, 0.1) is 0 Å². The van der Waals surface area contributed by atoms with Crippen molar-refractivity contribution in [3.8, 4) is 0 Å². The lowest BCUT2D eigenvalue weighted by molar-refractivity contribution is -0.143. The minimum Gasteiger partial charge on any atom is -0.480 e. The van der Waals surface area contributed by atoms with E-state index in [0.717, 1.165) is 32.1 Å². The van der Waals surface area contributed by atoms with Gasteiger partial charge in [-0.1, -0.05) is 26.7 Å². The van der Waals surface area contributed by atoms with Gasteiger partial charge in [-0.3, -0.25) is 9.59 Å². The van der Waals surface area contributed by atoms with Crippen molar-refractivity contribution in [1.82, 2.24) is 5.32 Å². The molecule has 4 heteroatoms. The maximum atomic E-state index is 12.2. The van der Waals surface area contributed by atoms with Crippen molar-refractivity contribution in [3.63, 3.8) is 0 Å². The Morgan fingerprint density at radius 1 is 1.24 bits per heavy atom. The Morgan fingerprint density at radius 2 is 1.76 bits per heavy atom. The molecule has 2 N–H and O–H groups in total. The maximum absolute atomic E-state index is 12.2. The standard InChI is InChI=1S/C13H23NO3/c1-9(2)8-13(6-4-5-7-13)12(17)14-10(3)11(15)16/h9-10H,4-8H2,1-3H3,(H,14,17)(H,15,16)/t10-/m1/s1. The number of hydrogen-bond acceptors (Lipinski definition) is 2. The van der Waals surface area contributed by atoms with E-state index in [-0.39, 0.29) is 11.3 Å². The maximum Gasteiger partial charge on any atom is 0.325 e. The molecule has 1 aliphatic rings. The number of carbonyl (C=O) groups is 2. The second-order valence-corrected chi connectivity index (χ2v) is 5.62. The van der Waals surface area contributed by atoms with Crippen LogP contribution in [-0.4, -0.2) is 23.0 Å². The Morgan fingerprint density at radius 3 is 2.18 bits per heavy atom. The van der Waals surface area contributed by atoms with E-state index in [1.54, 1.807) is 0 Å². The predicted molar refractivity (Wildman–Crippen MR) is 65.6 cm³/mol. The molecule has 0 aromatic rings. The molecule has 17 heavy (non-hydrogen) atoms. The highest BCUT2D eigenvalue weighted by atomic mass is 16.4. The molecule has 0 spiro atoms. The Kier molecular flexibility index (Phi) is 4.54. The van der Waals surface area contributed by atoms with Crippen LogP contribution >= 0.6 is 0 Å². The Bertz CT molecular complexity index is 293. The monoisotopic (exact) mass is 241 g/mol. The van der Waals surface area contributed by atoms with Gasteiger partial charge < -0.3 is 10.4 Å². The van der Waals surface area contributed by atoms with Crippen LogP contribution < -0.4 is 5.32 Å². The summed E-state index contributed by atoms with van der Waals surface area (Å²) < 4.78 is 0. The quantitative estimate of drug-likeness (QED) is 0.775. The van der Waals surface area contributed by atoms with Crippen molar-refractivity contribution < 1.29 is 14.7 Å². The van der Waals surface area contributed by atoms with E-state index in [1.807, 2.05) is 0 Å². The summed E-state index contributed by atoms with van der Waals surface area (Å²) >= 11 is 0. The number of carboxylic acid groups (broad SMARTS) is 1. The average molecular weight is 241 g/mol. The average Bonchev–Trinajstić information content (AvgIpc) is 2.66. The molecular weight excluding hydrogens is 218 g/mol. The summed E-state index contributed by atoms with van der Waals surface area (Å²) in [6.45, 7) is 5.72. The third-order valence-electron chi connectivity index (χ3n) is 3.56. The first-order valence-corrected chi connectivity index (χ1v) is 6.41. The van der Waals surface area contributed by atoms with Gasteiger partial charge in [-0.05, 0) is 32.1 Å². The van der Waals surface area contributed by atoms with Gasteiger partial charge in [-0.15, -0.1) is 0 Å². The summed E-state index contributed by atoms with van der Waals surface area (Å²) in [5.41, 5.74) is -0.322. The van der Waals surface area contributed by atoms with Crippen molar-refractivity contribution in [3.05, 3.63) is 0 Å². The number of amides is 1. The number of carbonyl (C=O) groups excluding carboxylic acids is 1. The van der Waals surface area contributed by atoms with Crippen molar-refractivity contribution in [2.45, 2.75) is 58.9 Å². The first kappa shape index (κ1) is 14.0. The van der Waals surface area contributed by atoms with Gasteiger partial charge in [0, 0.05) is 5.41 Å². The minimum absolute atomic E-state index is 0.0707. The van der Waals surface area contributed by atoms with Gasteiger partial charge in [-0.25, -0.2) is 0 Å². The third kappa shape index (κ3) is 3.45. The van der Waals surface area contributed by atoms with Crippen LogP contribution in [0.15, 0.2) is 0 Å². The van der Waals surface area contributed by atoms with Crippen LogP contribution in [0.4, 0.5) is 0 Å². The van der Waals surface area contributed by atoms with Crippen molar-refractivity contribution in [2.24, 2.45) is 11.3 Å². The minimum atomic E-state index is -0.976. The molecule has 0 bridgehead atoms. The summed E-state index contributed by atoms with van der Waals surface area (Å²) in [6, 6.07) is -0.799. The number of aliphatic carboxylic acids is 1. The van der Waals surface area contributed by atoms with Gasteiger partial charge in [-0.2, -0.15) is 0 Å². The zero-order valence-electron chi connectivity index (χ0n) is 11.0. The van der Waals surface area contributed by atoms with Gasteiger partial charge in [0.1, 0.15) is 6.04 Å². The van der Waals surface area contributed by atoms with Crippen LogP contribution in [0.1, 0.15) is 52.9 Å². The van der Waals surface area contributed by atoms with Gasteiger partial charge in [0.2, 0.25) is 5.91 Å². The number of rotatable bonds is 5. The highest BCUT2D eigenvalue weighted by molar-refractivity contribution is 5.87. The Hall–Kier alpha value is -1.06. The largest absolute Gasteiger partial charge is 0.480 e. The van der Waals surface area contributed by atoms with E-state index in [2.05, 4.69) is 19.2 Å². The van der Waals surface area contributed by atoms with Crippen LogP contribution in [0, 0.1) is 11.3 Å². The predicted octanol–water partition coefficient (Wildman–Crippen LogP) is 2.18. The summed E-state index contributed by atoms with van der Waals surface area (Å²) in [6.07, 6.45) is 4.78. The lowest BCUT2D eigenvalue weighted by Gasteiger charge is -2.30. The summed E-state index contributed by atoms with van der Waals surface area (Å²) in [7, 11) is 0. The molecule has 0 heterocycles. The fourth-order valence-corrected chi connectivity index (χ4v) is 2.77. The summed E-state index contributed by atoms with van der Waals surface area (Å²) in [5, 5.41) is 11.5. The molecule has 1 rings (SSSR count). The molecule has 0 unspecified atom stereocenters. The molecule has 1 amide bonds. The number of nitrogens with one attached hydrogen (secondary N) is 1. The molecule has 98 valence electrons. The molecule has 1 atom stereocenters. The number of carboxylic acids is 1. The van der Waals surface area contributed by atoms with Crippen LogP contribution in [0.3, 0.4) is 0 Å². The molecule has 4 nitrogen and oxygen atoms in total. The second kappa shape index (κ2) is 5.52. The molecule has 0 saturated heterocycles. The van der Waals surface area contributed by atoms with Crippen LogP contribution in [0.25, 0.3) is 0 Å². The molecule has 0 radical (unpaired) electrons. The Balaban J connectivity index is 2.70. The third-order valence-corrected chi connectivity index (χ3v) is 3.56. The lowest BCUT2D eigenvalue weighted by atomic mass is 9.77. The van der Waals surface area contributed by atoms with Crippen LogP contribution in [0.5, 0.6) is 0 Å². The van der Waals surface area contributed by atoms with Crippen LogP contribution in [-0.2, 0) is 9.59 Å². The fourth-order valence-electron chi connectivity index (χ4n) is 2.77. The zero-order valence-corrected chi connectivity index (χ0v) is 11.0. The SMILES string of the molecule is CC(C)CC1(C(=O)N[C@H](C)C(=O)O)CCCC1. The molecule has 1 aliphatic carbocycles. The molecule has 0 aliphatic heterocycles. The first-order valence-electron chi connectivity index (χ1n) is 6.41. The Labute approximate surface area is 103 Å². The first-order chi connectivity index (χ1) is 7.87. The summed E-state index contributed by atoms with van der Waals surface area (Å²) in [4.78, 5) is 23.0. The zero-order chi connectivity index (χ0) is 13.1. The second-order valence-electron chi connectivity index (χ2n) is 5.62. The van der Waals surface area contributed by atoms with Crippen molar-refractivity contribution in [2.75, 3.05) is 0 Å². The van der Waals surface area contributed by atoms with E-state index in [9.17, 15) is 9.59 Å². The van der Waals surface area contributed by atoms with E-state index in [4.69, 9.17) is 5.11 Å². The molecular formula is C13H23NO3. The summed E-state index contributed by atoms with van der Waals surface area (Å²) in [5.74, 6) is -0.589. The molecule has 0 aromatic heterocycles. The molecule has 1 saturated carbocycles. The number of hydrogen-bond donors (Lipinski definition) is 2. The van der Waals surface area contributed by atoms with Crippen LogP contribution in [0.2, 0.25) is 0 Å². The van der Waals surface area contributed by atoms with E-state index < -0.39 is 12.0 Å². The fraction of sp³-hybridized carbons (Fsp3) is 0.846. The van der Waals surface area contributed by atoms with E-state index in [0.29, 0.717) is 5.92 Å². The lowest BCUT2D eigenvalue weighted by Crippen LogP contribution is -2.46. The van der Waals surface area contributed by atoms with Gasteiger partial charge >= 0.3 is 5.97 Å². The molecule has 0 aromatic carbocycles. The topological polar surface area (TPSA) is 66.4 Å². The van der Waals surface area contributed by atoms with Gasteiger partial charge in [0.25, 0.3) is 0 Å². The van der Waals surface area contributed by atoms with Crippen molar-refractivity contribution >= 4 is 11.9 Å². The van der Waals surface area contributed by atoms with Crippen molar-refractivity contribution in [1.29, 1.82) is 0 Å². The molecule has 1 fully saturated rings. The highest BCUT2D eigenvalue weighted by Crippen LogP contribution is 2.43. The van der Waals surface area contributed by atoms with Gasteiger partial charge in [0.15, 0.2) is 0 Å². The normalized spacial score (nSPS) is 20.2. The highest BCUT2D eigenvalue weighted by Gasteiger charge is 2.42. The van der Waals surface area contributed by atoms with E-state index in [1.165, 1.54) is 6.92 Å². The smallest absolute Gasteiger partial charge is 0.325 e.